The molecule has 22 heavy (non-hydrogen) atoms. The molecule has 6 heteroatoms. The molecule has 0 aliphatic carbocycles. The summed E-state index contributed by atoms with van der Waals surface area (Å²) in [6.07, 6.45) is 1.62. The lowest BCUT2D eigenvalue weighted by molar-refractivity contribution is 0.101. The van der Waals surface area contributed by atoms with Crippen LogP contribution in [0.3, 0.4) is 0 Å². The maximum atomic E-state index is 12.5. The van der Waals surface area contributed by atoms with Gasteiger partial charge in [-0.1, -0.05) is 12.1 Å². The number of benzene rings is 1. The molecule has 0 radical (unpaired) electrons. The topological polar surface area (TPSA) is 66.5 Å². The van der Waals surface area contributed by atoms with Gasteiger partial charge >= 0.3 is 0 Å². The second-order valence-electron chi connectivity index (χ2n) is 6.11. The maximum Gasteiger partial charge on any atom is 0.240 e. The van der Waals surface area contributed by atoms with Crippen molar-refractivity contribution >= 4 is 15.8 Å². The van der Waals surface area contributed by atoms with Crippen LogP contribution in [0.2, 0.25) is 0 Å². The zero-order valence-electron chi connectivity index (χ0n) is 13.4. The highest BCUT2D eigenvalue weighted by molar-refractivity contribution is 7.89. The van der Waals surface area contributed by atoms with Gasteiger partial charge in [0, 0.05) is 17.6 Å². The van der Waals surface area contributed by atoms with E-state index >= 15 is 0 Å². The number of hydrogen-bond donors (Lipinski definition) is 1. The first kappa shape index (κ1) is 17.1. The average Bonchev–Trinajstić information content (AvgIpc) is 2.47. The minimum Gasteiger partial charge on any atom is -0.301 e. The monoisotopic (exact) mass is 324 g/mol. The summed E-state index contributed by atoms with van der Waals surface area (Å²) in [7, 11) is -3.57. The lowest BCUT2D eigenvalue weighted by Crippen LogP contribution is -2.46. The van der Waals surface area contributed by atoms with E-state index in [2.05, 4.69) is 23.5 Å². The van der Waals surface area contributed by atoms with Gasteiger partial charge in [-0.2, -0.15) is 0 Å². The summed E-state index contributed by atoms with van der Waals surface area (Å²) in [5.41, 5.74) is 0.414. The minimum atomic E-state index is -3.57. The molecule has 1 aliphatic heterocycles. The second kappa shape index (κ2) is 6.89. The first-order valence-electron chi connectivity index (χ1n) is 7.67. The summed E-state index contributed by atoms with van der Waals surface area (Å²) in [5, 5.41) is 0. The molecule has 1 aromatic carbocycles. The van der Waals surface area contributed by atoms with Gasteiger partial charge in [-0.15, -0.1) is 0 Å². The fourth-order valence-electron chi connectivity index (χ4n) is 2.70. The van der Waals surface area contributed by atoms with Gasteiger partial charge in [0.15, 0.2) is 5.78 Å². The van der Waals surface area contributed by atoms with Crippen molar-refractivity contribution in [2.24, 2.45) is 0 Å². The first-order chi connectivity index (χ1) is 10.3. The Morgan fingerprint density at radius 1 is 1.27 bits per heavy atom. The zero-order chi connectivity index (χ0) is 16.3. The largest absolute Gasteiger partial charge is 0.301 e. The van der Waals surface area contributed by atoms with Crippen LogP contribution in [0.1, 0.15) is 44.0 Å². The molecule has 0 saturated carbocycles. The van der Waals surface area contributed by atoms with Crippen molar-refractivity contribution in [3.05, 3.63) is 29.8 Å². The van der Waals surface area contributed by atoms with Crippen molar-refractivity contribution in [3.8, 4) is 0 Å². The van der Waals surface area contributed by atoms with E-state index in [4.69, 9.17) is 0 Å². The van der Waals surface area contributed by atoms with Crippen molar-refractivity contribution in [2.75, 3.05) is 13.1 Å². The first-order valence-corrected chi connectivity index (χ1v) is 9.15. The van der Waals surface area contributed by atoms with Crippen LogP contribution in [0.4, 0.5) is 0 Å². The van der Waals surface area contributed by atoms with Gasteiger partial charge in [-0.3, -0.25) is 4.79 Å². The van der Waals surface area contributed by atoms with E-state index < -0.39 is 10.0 Å². The molecule has 0 atom stereocenters. The summed E-state index contributed by atoms with van der Waals surface area (Å²) < 4.78 is 27.7. The fraction of sp³-hybridized carbons (Fsp3) is 0.562. The SMILES string of the molecule is CC(=O)c1cccc(S(=O)(=O)NC2CCN(C(C)C)CC2)c1. The number of carbonyl (C=O) groups is 1. The predicted octanol–water partition coefficient (Wildman–Crippen LogP) is 2.04. The van der Waals surface area contributed by atoms with Crippen molar-refractivity contribution in [2.45, 2.75) is 50.6 Å². The predicted molar refractivity (Wildman–Crippen MR) is 86.5 cm³/mol. The number of nitrogens with zero attached hydrogens (tertiary/aromatic N) is 1. The van der Waals surface area contributed by atoms with E-state index in [0.29, 0.717) is 11.6 Å². The van der Waals surface area contributed by atoms with E-state index in [1.807, 2.05) is 0 Å². The number of sulfonamides is 1. The Balaban J connectivity index is 2.06. The van der Waals surface area contributed by atoms with Crippen LogP contribution < -0.4 is 4.72 Å². The molecule has 1 fully saturated rings. The number of hydrogen-bond acceptors (Lipinski definition) is 4. The Hall–Kier alpha value is -1.24. The molecule has 1 aromatic rings. The van der Waals surface area contributed by atoms with Gasteiger partial charge in [0.05, 0.1) is 4.90 Å². The molecule has 1 saturated heterocycles. The Kier molecular flexibility index (Phi) is 5.36. The van der Waals surface area contributed by atoms with Crippen LogP contribution in [-0.2, 0) is 10.0 Å². The highest BCUT2D eigenvalue weighted by atomic mass is 32.2. The number of nitrogens with one attached hydrogen (secondary N) is 1. The molecular weight excluding hydrogens is 300 g/mol. The molecule has 5 nitrogen and oxygen atoms in total. The van der Waals surface area contributed by atoms with Crippen molar-refractivity contribution in [3.63, 3.8) is 0 Å². The highest BCUT2D eigenvalue weighted by Gasteiger charge is 2.25. The smallest absolute Gasteiger partial charge is 0.240 e. The van der Waals surface area contributed by atoms with E-state index in [0.717, 1.165) is 25.9 Å². The van der Waals surface area contributed by atoms with Gasteiger partial charge in [-0.05, 0) is 58.8 Å². The van der Waals surface area contributed by atoms with Gasteiger partial charge in [0.2, 0.25) is 10.0 Å². The van der Waals surface area contributed by atoms with E-state index in [1.165, 1.54) is 19.1 Å². The van der Waals surface area contributed by atoms with Crippen LogP contribution in [0, 0.1) is 0 Å². The number of likely N-dealkylation sites (tertiary alicyclic amines) is 1. The summed E-state index contributed by atoms with van der Waals surface area (Å²) in [6.45, 7) is 7.53. The number of rotatable bonds is 5. The van der Waals surface area contributed by atoms with Crippen molar-refractivity contribution < 1.29 is 13.2 Å². The highest BCUT2D eigenvalue weighted by Crippen LogP contribution is 2.17. The van der Waals surface area contributed by atoms with Crippen molar-refractivity contribution in [1.29, 1.82) is 0 Å². The molecule has 2 rings (SSSR count). The van der Waals surface area contributed by atoms with Gasteiger partial charge in [-0.25, -0.2) is 13.1 Å². The minimum absolute atomic E-state index is 0.0408. The molecule has 0 aromatic heterocycles. The van der Waals surface area contributed by atoms with Crippen LogP contribution in [0.15, 0.2) is 29.2 Å². The van der Waals surface area contributed by atoms with Crippen LogP contribution in [0.5, 0.6) is 0 Å². The number of Topliss-reactive ketones (excluding diaryl/α,β-unsaturated/α-hetero) is 1. The van der Waals surface area contributed by atoms with Gasteiger partial charge in [0.1, 0.15) is 0 Å². The number of ketones is 1. The third-order valence-corrected chi connectivity index (χ3v) is 5.65. The second-order valence-corrected chi connectivity index (χ2v) is 7.82. The van der Waals surface area contributed by atoms with Crippen LogP contribution in [-0.4, -0.2) is 44.3 Å². The maximum absolute atomic E-state index is 12.5. The summed E-state index contributed by atoms with van der Waals surface area (Å²) in [4.78, 5) is 13.9. The van der Waals surface area contributed by atoms with E-state index in [-0.39, 0.29) is 16.7 Å². The van der Waals surface area contributed by atoms with Crippen molar-refractivity contribution in [1.82, 2.24) is 9.62 Å². The molecular formula is C16H24N2O3S. The standard InChI is InChI=1S/C16H24N2O3S/c1-12(2)18-9-7-15(8-10-18)17-22(20,21)16-6-4-5-14(11-16)13(3)19/h4-6,11-12,15,17H,7-10H2,1-3H3. The molecule has 0 bridgehead atoms. The molecule has 0 amide bonds. The lowest BCUT2D eigenvalue weighted by atomic mass is 10.1. The Morgan fingerprint density at radius 2 is 1.91 bits per heavy atom. The van der Waals surface area contributed by atoms with Crippen LogP contribution in [0.25, 0.3) is 0 Å². The fourth-order valence-corrected chi connectivity index (χ4v) is 4.05. The molecule has 0 spiro atoms. The third-order valence-electron chi connectivity index (χ3n) is 4.13. The van der Waals surface area contributed by atoms with E-state index in [1.54, 1.807) is 12.1 Å². The Morgan fingerprint density at radius 3 is 2.45 bits per heavy atom. The van der Waals surface area contributed by atoms with Gasteiger partial charge in [0.25, 0.3) is 0 Å². The number of carbonyl (C=O) groups excluding carboxylic acids is 1. The number of piperidine rings is 1. The molecule has 1 aliphatic rings. The molecule has 122 valence electrons. The third kappa shape index (κ3) is 4.15. The van der Waals surface area contributed by atoms with E-state index in [9.17, 15) is 13.2 Å². The quantitative estimate of drug-likeness (QED) is 0.842. The Labute approximate surface area is 132 Å². The zero-order valence-corrected chi connectivity index (χ0v) is 14.2. The summed E-state index contributed by atoms with van der Waals surface area (Å²) >= 11 is 0. The lowest BCUT2D eigenvalue weighted by Gasteiger charge is -2.34. The van der Waals surface area contributed by atoms with Crippen LogP contribution >= 0.6 is 0 Å². The summed E-state index contributed by atoms with van der Waals surface area (Å²) in [6, 6.07) is 6.65. The summed E-state index contributed by atoms with van der Waals surface area (Å²) in [5.74, 6) is -0.137. The normalized spacial score (nSPS) is 17.8. The molecule has 1 heterocycles. The molecule has 1 N–H and O–H groups in total. The average molecular weight is 324 g/mol. The Bertz CT molecular complexity index is 633. The van der Waals surface area contributed by atoms with Gasteiger partial charge < -0.3 is 4.90 Å². The molecule has 0 unspecified atom stereocenters.